The average Bonchev–Trinajstić information content (AvgIpc) is 2.85. The summed E-state index contributed by atoms with van der Waals surface area (Å²) in [6.45, 7) is 2.06. The molecule has 0 aliphatic heterocycles. The molecule has 0 bridgehead atoms. The molecule has 2 aromatic heterocycles. The van der Waals surface area contributed by atoms with E-state index in [1.807, 2.05) is 22.9 Å². The van der Waals surface area contributed by atoms with E-state index in [2.05, 4.69) is 16.9 Å². The Hall–Kier alpha value is -1.94. The number of aromatic nitrogens is 3. The van der Waals surface area contributed by atoms with Crippen LogP contribution in [0.4, 0.5) is 4.39 Å². The van der Waals surface area contributed by atoms with E-state index in [1.54, 1.807) is 12.3 Å². The van der Waals surface area contributed by atoms with Gasteiger partial charge in [-0.25, -0.2) is 9.37 Å². The van der Waals surface area contributed by atoms with Crippen LogP contribution >= 0.6 is 11.6 Å². The van der Waals surface area contributed by atoms with Crippen LogP contribution in [0.25, 0.3) is 11.0 Å². The van der Waals surface area contributed by atoms with Crippen molar-refractivity contribution in [2.24, 2.45) is 0 Å². The first kappa shape index (κ1) is 14.0. The fourth-order valence-corrected chi connectivity index (χ4v) is 2.75. The predicted molar refractivity (Wildman–Crippen MR) is 82.2 cm³/mol. The van der Waals surface area contributed by atoms with E-state index in [9.17, 15) is 4.39 Å². The molecule has 1 atom stereocenters. The van der Waals surface area contributed by atoms with Gasteiger partial charge in [-0.2, -0.15) is 0 Å². The summed E-state index contributed by atoms with van der Waals surface area (Å²) in [4.78, 5) is 8.74. The second kappa shape index (κ2) is 5.82. The van der Waals surface area contributed by atoms with Gasteiger partial charge in [-0.15, -0.1) is 11.6 Å². The smallest absolute Gasteiger partial charge is 0.125 e. The van der Waals surface area contributed by atoms with Gasteiger partial charge in [0.05, 0.1) is 17.1 Å². The Morgan fingerprint density at radius 3 is 2.90 bits per heavy atom. The maximum absolute atomic E-state index is 13.6. The van der Waals surface area contributed by atoms with Gasteiger partial charge in [-0.3, -0.25) is 4.98 Å². The number of rotatable bonds is 4. The molecule has 0 radical (unpaired) electrons. The zero-order chi connectivity index (χ0) is 14.8. The van der Waals surface area contributed by atoms with E-state index in [-0.39, 0.29) is 11.9 Å². The lowest BCUT2D eigenvalue weighted by atomic mass is 10.1. The minimum absolute atomic E-state index is 0.0173. The number of imidazole rings is 1. The zero-order valence-corrected chi connectivity index (χ0v) is 12.4. The zero-order valence-electron chi connectivity index (χ0n) is 11.6. The summed E-state index contributed by atoms with van der Waals surface area (Å²) in [6, 6.07) is 8.57. The summed E-state index contributed by atoms with van der Waals surface area (Å²) in [5.41, 5.74) is 2.62. The second-order valence-corrected chi connectivity index (χ2v) is 5.31. The van der Waals surface area contributed by atoms with Crippen LogP contribution in [-0.4, -0.2) is 20.4 Å². The summed E-state index contributed by atoms with van der Waals surface area (Å²) in [5, 5.41) is 0. The molecule has 0 spiro atoms. The quantitative estimate of drug-likeness (QED) is 0.683. The van der Waals surface area contributed by atoms with E-state index in [0.717, 1.165) is 22.4 Å². The standard InChI is InChI=1S/C16H15ClFN3/c1-11(12-3-2-8-19-10-12)21-15-9-13(18)4-5-14(15)20-16(21)6-7-17/h2-5,8-11H,6-7H2,1H3. The number of aryl methyl sites for hydroxylation is 1. The molecule has 1 unspecified atom stereocenters. The molecule has 0 aliphatic carbocycles. The van der Waals surface area contributed by atoms with Crippen molar-refractivity contribution < 1.29 is 4.39 Å². The number of hydrogen-bond donors (Lipinski definition) is 0. The van der Waals surface area contributed by atoms with Gasteiger partial charge in [0.2, 0.25) is 0 Å². The molecule has 3 nitrogen and oxygen atoms in total. The minimum Gasteiger partial charge on any atom is -0.320 e. The Bertz CT molecular complexity index is 755. The fourth-order valence-electron chi connectivity index (χ4n) is 2.58. The highest BCUT2D eigenvalue weighted by atomic mass is 35.5. The first-order chi connectivity index (χ1) is 10.2. The van der Waals surface area contributed by atoms with Crippen LogP contribution in [0, 0.1) is 5.82 Å². The largest absolute Gasteiger partial charge is 0.320 e. The van der Waals surface area contributed by atoms with Crippen LogP contribution < -0.4 is 0 Å². The minimum atomic E-state index is -0.264. The van der Waals surface area contributed by atoms with E-state index in [4.69, 9.17) is 11.6 Å². The lowest BCUT2D eigenvalue weighted by molar-refractivity contribution is 0.612. The van der Waals surface area contributed by atoms with Crippen LogP contribution in [0.15, 0.2) is 42.7 Å². The number of hydrogen-bond acceptors (Lipinski definition) is 2. The Labute approximate surface area is 127 Å². The van der Waals surface area contributed by atoms with Crippen LogP contribution in [-0.2, 0) is 6.42 Å². The van der Waals surface area contributed by atoms with Crippen molar-refractivity contribution in [3.05, 3.63) is 59.9 Å². The van der Waals surface area contributed by atoms with Crippen LogP contribution in [0.2, 0.25) is 0 Å². The van der Waals surface area contributed by atoms with Gasteiger partial charge in [0.15, 0.2) is 0 Å². The highest BCUT2D eigenvalue weighted by molar-refractivity contribution is 6.17. The van der Waals surface area contributed by atoms with E-state index in [1.165, 1.54) is 12.1 Å². The summed E-state index contributed by atoms with van der Waals surface area (Å²) >= 11 is 5.88. The van der Waals surface area contributed by atoms with Crippen molar-refractivity contribution in [3.8, 4) is 0 Å². The van der Waals surface area contributed by atoms with Crippen molar-refractivity contribution in [2.45, 2.75) is 19.4 Å². The molecular formula is C16H15ClFN3. The molecule has 3 rings (SSSR count). The van der Waals surface area contributed by atoms with E-state index in [0.29, 0.717) is 12.3 Å². The molecule has 21 heavy (non-hydrogen) atoms. The number of halogens is 2. The molecular weight excluding hydrogens is 289 g/mol. The fraction of sp³-hybridized carbons (Fsp3) is 0.250. The molecule has 0 saturated carbocycles. The summed E-state index contributed by atoms with van der Waals surface area (Å²) in [7, 11) is 0. The predicted octanol–water partition coefficient (Wildman–Crippen LogP) is 3.96. The summed E-state index contributed by atoms with van der Waals surface area (Å²) in [5.74, 6) is 1.08. The third-order valence-electron chi connectivity index (χ3n) is 3.60. The van der Waals surface area contributed by atoms with Crippen LogP contribution in [0.5, 0.6) is 0 Å². The van der Waals surface area contributed by atoms with E-state index >= 15 is 0 Å². The van der Waals surface area contributed by atoms with E-state index < -0.39 is 0 Å². The molecule has 0 aliphatic rings. The van der Waals surface area contributed by atoms with Crippen molar-refractivity contribution in [2.75, 3.05) is 5.88 Å². The second-order valence-electron chi connectivity index (χ2n) is 4.93. The van der Waals surface area contributed by atoms with Gasteiger partial charge >= 0.3 is 0 Å². The molecule has 5 heteroatoms. The first-order valence-corrected chi connectivity index (χ1v) is 7.36. The highest BCUT2D eigenvalue weighted by Gasteiger charge is 2.17. The normalized spacial score (nSPS) is 12.7. The van der Waals surface area contributed by atoms with Gasteiger partial charge < -0.3 is 4.57 Å². The Morgan fingerprint density at radius 1 is 1.33 bits per heavy atom. The third kappa shape index (κ3) is 2.63. The van der Waals surface area contributed by atoms with Crippen molar-refractivity contribution in [1.29, 1.82) is 0 Å². The monoisotopic (exact) mass is 303 g/mol. The lowest BCUT2D eigenvalue weighted by Crippen LogP contribution is -2.11. The maximum atomic E-state index is 13.6. The third-order valence-corrected chi connectivity index (χ3v) is 3.79. The van der Waals surface area contributed by atoms with Crippen LogP contribution in [0.1, 0.15) is 24.4 Å². The SMILES string of the molecule is CC(c1cccnc1)n1c(CCCl)nc2ccc(F)cc21. The topological polar surface area (TPSA) is 30.7 Å². The molecule has 0 saturated heterocycles. The van der Waals surface area contributed by atoms with Crippen molar-refractivity contribution in [1.82, 2.24) is 14.5 Å². The number of pyridine rings is 1. The van der Waals surface area contributed by atoms with Gasteiger partial charge in [-0.1, -0.05) is 6.07 Å². The molecule has 0 N–H and O–H groups in total. The Balaban J connectivity index is 2.18. The number of fused-ring (bicyclic) bond motifs is 1. The molecule has 3 aromatic rings. The van der Waals surface area contributed by atoms with Gasteiger partial charge in [0, 0.05) is 24.7 Å². The molecule has 108 valence electrons. The first-order valence-electron chi connectivity index (χ1n) is 6.83. The molecule has 1 aromatic carbocycles. The Kier molecular flexibility index (Phi) is 3.88. The molecule has 0 amide bonds. The summed E-state index contributed by atoms with van der Waals surface area (Å²) in [6.07, 6.45) is 4.20. The maximum Gasteiger partial charge on any atom is 0.125 e. The number of benzene rings is 1. The van der Waals surface area contributed by atoms with Gasteiger partial charge in [0.1, 0.15) is 11.6 Å². The van der Waals surface area contributed by atoms with Crippen molar-refractivity contribution in [3.63, 3.8) is 0 Å². The van der Waals surface area contributed by atoms with Gasteiger partial charge in [0.25, 0.3) is 0 Å². The van der Waals surface area contributed by atoms with Crippen molar-refractivity contribution >= 4 is 22.6 Å². The number of alkyl halides is 1. The van der Waals surface area contributed by atoms with Crippen LogP contribution in [0.3, 0.4) is 0 Å². The molecule has 0 fully saturated rings. The highest BCUT2D eigenvalue weighted by Crippen LogP contribution is 2.26. The molecule has 2 heterocycles. The van der Waals surface area contributed by atoms with Gasteiger partial charge in [-0.05, 0) is 36.8 Å². The Morgan fingerprint density at radius 2 is 2.19 bits per heavy atom. The number of nitrogens with zero attached hydrogens (tertiary/aromatic N) is 3. The average molecular weight is 304 g/mol. The lowest BCUT2D eigenvalue weighted by Gasteiger charge is -2.17. The summed E-state index contributed by atoms with van der Waals surface area (Å²) < 4.78 is 15.6.